The highest BCUT2D eigenvalue weighted by atomic mass is 32.1. The molecule has 0 aromatic carbocycles. The van der Waals surface area contributed by atoms with Crippen molar-refractivity contribution in [2.24, 2.45) is 0 Å². The smallest absolute Gasteiger partial charge is 0.323 e. The molecule has 17 heavy (non-hydrogen) atoms. The van der Waals surface area contributed by atoms with E-state index in [1.807, 2.05) is 0 Å². The predicted molar refractivity (Wildman–Crippen MR) is 60.4 cm³/mol. The van der Waals surface area contributed by atoms with Gasteiger partial charge in [-0.15, -0.1) is 11.3 Å². The topological polar surface area (TPSA) is 91.5 Å². The second kappa shape index (κ2) is 4.33. The van der Waals surface area contributed by atoms with Crippen LogP contribution in [-0.2, 0) is 24.5 Å². The summed E-state index contributed by atoms with van der Waals surface area (Å²) in [5.74, 6) is -0.583. The Morgan fingerprint density at radius 3 is 3.00 bits per heavy atom. The number of carbonyl (C=O) groups excluding carboxylic acids is 2. The van der Waals surface area contributed by atoms with E-state index in [1.165, 1.54) is 11.3 Å². The molecule has 2 heterocycles. The van der Waals surface area contributed by atoms with Crippen molar-refractivity contribution in [1.82, 2.24) is 4.98 Å². The number of hydrogen-bond donors (Lipinski definition) is 1. The van der Waals surface area contributed by atoms with Gasteiger partial charge < -0.3 is 15.2 Å². The van der Waals surface area contributed by atoms with Crippen LogP contribution in [0.15, 0.2) is 5.38 Å². The monoisotopic (exact) mass is 256 g/mol. The number of ether oxygens (including phenoxy) is 2. The summed E-state index contributed by atoms with van der Waals surface area (Å²) in [6, 6.07) is 0. The van der Waals surface area contributed by atoms with Crippen LogP contribution in [0.1, 0.15) is 18.4 Å². The number of rotatable bonds is 3. The van der Waals surface area contributed by atoms with Crippen LogP contribution in [0.3, 0.4) is 0 Å². The summed E-state index contributed by atoms with van der Waals surface area (Å²) in [7, 11) is 0. The Balaban J connectivity index is 2.37. The molecule has 0 saturated carbocycles. The van der Waals surface area contributed by atoms with Gasteiger partial charge in [-0.05, 0) is 6.92 Å². The molecule has 1 aromatic heterocycles. The first-order chi connectivity index (χ1) is 8.08. The Morgan fingerprint density at radius 2 is 2.53 bits per heavy atom. The Hall–Kier alpha value is -1.63. The predicted octanol–water partition coefficient (Wildman–Crippen LogP) is 0.473. The fraction of sp³-hybridized carbons (Fsp3) is 0.500. The number of anilines is 1. The van der Waals surface area contributed by atoms with E-state index in [0.717, 1.165) is 0 Å². The molecule has 2 rings (SSSR count). The maximum Gasteiger partial charge on any atom is 0.323 e. The van der Waals surface area contributed by atoms with E-state index >= 15 is 0 Å². The van der Waals surface area contributed by atoms with Gasteiger partial charge in [0.15, 0.2) is 5.41 Å². The number of aromatic nitrogens is 1. The molecule has 92 valence electrons. The zero-order chi connectivity index (χ0) is 12.5. The van der Waals surface area contributed by atoms with E-state index in [2.05, 4.69) is 4.98 Å². The lowest BCUT2D eigenvalue weighted by Gasteiger charge is -2.20. The van der Waals surface area contributed by atoms with E-state index in [4.69, 9.17) is 15.2 Å². The molecule has 1 atom stereocenters. The van der Waals surface area contributed by atoms with Crippen LogP contribution in [0.25, 0.3) is 0 Å². The summed E-state index contributed by atoms with van der Waals surface area (Å²) < 4.78 is 9.88. The lowest BCUT2D eigenvalue weighted by Crippen LogP contribution is -2.38. The van der Waals surface area contributed by atoms with Crippen molar-refractivity contribution < 1.29 is 19.1 Å². The molecule has 0 aliphatic carbocycles. The fourth-order valence-corrected chi connectivity index (χ4v) is 2.57. The molecule has 0 unspecified atom stereocenters. The van der Waals surface area contributed by atoms with Crippen LogP contribution in [0.5, 0.6) is 0 Å². The Kier molecular flexibility index (Phi) is 3.01. The average Bonchev–Trinajstić information content (AvgIpc) is 2.86. The second-order valence-corrected chi connectivity index (χ2v) is 4.58. The molecule has 6 nitrogen and oxygen atoms in total. The lowest BCUT2D eigenvalue weighted by molar-refractivity contribution is -0.150. The first-order valence-electron chi connectivity index (χ1n) is 5.13. The Labute approximate surface area is 102 Å². The van der Waals surface area contributed by atoms with Crippen molar-refractivity contribution in [2.45, 2.75) is 18.8 Å². The number of esters is 2. The molecule has 1 fully saturated rings. The van der Waals surface area contributed by atoms with Crippen molar-refractivity contribution in [3.05, 3.63) is 10.4 Å². The molecular formula is C10H12N2O4S. The van der Waals surface area contributed by atoms with Gasteiger partial charge in [0.25, 0.3) is 0 Å². The number of hydrogen-bond acceptors (Lipinski definition) is 7. The number of carbonyl (C=O) groups is 2. The molecule has 7 heteroatoms. The minimum absolute atomic E-state index is 0.0301. The molecular weight excluding hydrogens is 244 g/mol. The maximum absolute atomic E-state index is 12.0. The third-order valence-electron chi connectivity index (χ3n) is 2.52. The highest BCUT2D eigenvalue weighted by molar-refractivity contribution is 7.10. The third-order valence-corrected chi connectivity index (χ3v) is 3.59. The van der Waals surface area contributed by atoms with Crippen LogP contribution in [0, 0.1) is 0 Å². The van der Waals surface area contributed by atoms with Gasteiger partial charge in [-0.1, -0.05) is 0 Å². The van der Waals surface area contributed by atoms with Crippen molar-refractivity contribution in [1.29, 1.82) is 0 Å². The summed E-state index contributed by atoms with van der Waals surface area (Å²) in [5.41, 5.74) is 4.42. The lowest BCUT2D eigenvalue weighted by atomic mass is 9.88. The molecule has 0 spiro atoms. The first kappa shape index (κ1) is 11.8. The van der Waals surface area contributed by atoms with E-state index < -0.39 is 17.4 Å². The number of thiazole rings is 1. The standard InChI is InChI=1S/C10H12N2O4S/c1-2-15-9(14)10(3-7(13)16-5-10)8-12-6(11)4-17-8/h4H,2-3,5,11H2,1H3/t10-/m1/s1. The number of nitrogen functional groups attached to an aromatic ring is 1. The molecule has 0 radical (unpaired) electrons. The SMILES string of the molecule is CCOC(=O)[C@@]1(c2nc(N)cs2)COC(=O)C1. The fourth-order valence-electron chi connectivity index (χ4n) is 1.68. The average molecular weight is 256 g/mol. The van der Waals surface area contributed by atoms with Gasteiger partial charge in [-0.2, -0.15) is 0 Å². The van der Waals surface area contributed by atoms with E-state index in [9.17, 15) is 9.59 Å². The molecule has 0 bridgehead atoms. The summed E-state index contributed by atoms with van der Waals surface area (Å²) >= 11 is 1.23. The van der Waals surface area contributed by atoms with Gasteiger partial charge in [-0.25, -0.2) is 4.98 Å². The maximum atomic E-state index is 12.0. The summed E-state index contributed by atoms with van der Waals surface area (Å²) in [6.07, 6.45) is -0.0429. The van der Waals surface area contributed by atoms with Gasteiger partial charge >= 0.3 is 11.9 Å². The van der Waals surface area contributed by atoms with Crippen LogP contribution in [0.2, 0.25) is 0 Å². The van der Waals surface area contributed by atoms with E-state index in [1.54, 1.807) is 12.3 Å². The van der Waals surface area contributed by atoms with Gasteiger partial charge in [0.1, 0.15) is 17.4 Å². The summed E-state index contributed by atoms with van der Waals surface area (Å²) in [4.78, 5) is 27.3. The number of nitrogens with zero attached hydrogens (tertiary/aromatic N) is 1. The second-order valence-electron chi connectivity index (χ2n) is 3.72. The molecule has 1 aliphatic rings. The van der Waals surface area contributed by atoms with Crippen molar-refractivity contribution in [3.8, 4) is 0 Å². The largest absolute Gasteiger partial charge is 0.465 e. The van der Waals surface area contributed by atoms with Crippen LogP contribution >= 0.6 is 11.3 Å². The van der Waals surface area contributed by atoms with Crippen molar-refractivity contribution in [2.75, 3.05) is 18.9 Å². The highest BCUT2D eigenvalue weighted by Crippen LogP contribution is 2.37. The third kappa shape index (κ3) is 1.97. The van der Waals surface area contributed by atoms with Crippen molar-refractivity contribution in [3.63, 3.8) is 0 Å². The first-order valence-corrected chi connectivity index (χ1v) is 6.01. The van der Waals surface area contributed by atoms with Gasteiger partial charge in [0.05, 0.1) is 13.0 Å². The number of cyclic esters (lactones) is 1. The minimum Gasteiger partial charge on any atom is -0.465 e. The molecule has 1 aromatic rings. The summed E-state index contributed by atoms with van der Waals surface area (Å²) in [6.45, 7) is 1.92. The zero-order valence-electron chi connectivity index (χ0n) is 9.26. The van der Waals surface area contributed by atoms with Gasteiger partial charge in [-0.3, -0.25) is 9.59 Å². The minimum atomic E-state index is -1.12. The van der Waals surface area contributed by atoms with E-state index in [-0.39, 0.29) is 19.6 Å². The number of nitrogens with two attached hydrogens (primary N) is 1. The quantitative estimate of drug-likeness (QED) is 0.790. The van der Waals surface area contributed by atoms with E-state index in [0.29, 0.717) is 10.8 Å². The Bertz CT molecular complexity index is 459. The normalized spacial score (nSPS) is 23.5. The molecule has 0 amide bonds. The molecule has 1 saturated heterocycles. The van der Waals surface area contributed by atoms with Crippen LogP contribution in [-0.4, -0.2) is 30.1 Å². The Morgan fingerprint density at radius 1 is 1.76 bits per heavy atom. The molecule has 1 aliphatic heterocycles. The highest BCUT2D eigenvalue weighted by Gasteiger charge is 2.52. The molecule has 2 N–H and O–H groups in total. The van der Waals surface area contributed by atoms with Crippen molar-refractivity contribution >= 4 is 29.1 Å². The zero-order valence-corrected chi connectivity index (χ0v) is 10.1. The van der Waals surface area contributed by atoms with Crippen LogP contribution in [0.4, 0.5) is 5.82 Å². The van der Waals surface area contributed by atoms with Gasteiger partial charge in [0, 0.05) is 5.38 Å². The summed E-state index contributed by atoms with van der Waals surface area (Å²) in [5, 5.41) is 2.10. The van der Waals surface area contributed by atoms with Crippen LogP contribution < -0.4 is 5.73 Å². The van der Waals surface area contributed by atoms with Gasteiger partial charge in [0.2, 0.25) is 0 Å².